The SMILES string of the molecule is CCOC(=O)c1ccc(S(=O)(=O)N2CC[NH+](Cc3cccc(OC)c3)CC2)cc1. The normalized spacial score (nSPS) is 15.8. The Balaban J connectivity index is 1.61. The third-order valence-corrected chi connectivity index (χ3v) is 6.93. The van der Waals surface area contributed by atoms with Gasteiger partial charge in [-0.2, -0.15) is 4.31 Å². The molecule has 3 rings (SSSR count). The number of methoxy groups -OCH3 is 1. The van der Waals surface area contributed by atoms with E-state index in [1.807, 2.05) is 18.2 Å². The number of ether oxygens (including phenoxy) is 2. The molecule has 1 aliphatic rings. The van der Waals surface area contributed by atoms with Crippen LogP contribution in [-0.2, 0) is 21.3 Å². The number of rotatable bonds is 7. The van der Waals surface area contributed by atoms with Crippen molar-refractivity contribution in [2.75, 3.05) is 39.9 Å². The third kappa shape index (κ3) is 5.14. The fraction of sp³-hybridized carbons (Fsp3) is 0.381. The van der Waals surface area contributed by atoms with Crippen LogP contribution in [0.3, 0.4) is 0 Å². The Morgan fingerprint density at radius 1 is 1.10 bits per heavy atom. The van der Waals surface area contributed by atoms with Crippen LogP contribution >= 0.6 is 0 Å². The second kappa shape index (κ2) is 9.39. The van der Waals surface area contributed by atoms with E-state index in [2.05, 4.69) is 6.07 Å². The number of sulfonamides is 1. The lowest BCUT2D eigenvalue weighted by Crippen LogP contribution is -3.13. The number of quaternary nitrogens is 1. The summed E-state index contributed by atoms with van der Waals surface area (Å²) < 4.78 is 37.6. The molecule has 2 aromatic carbocycles. The number of carbonyl (C=O) groups is 1. The van der Waals surface area contributed by atoms with Gasteiger partial charge < -0.3 is 14.4 Å². The molecule has 1 fully saturated rings. The average Bonchev–Trinajstić information content (AvgIpc) is 2.74. The predicted octanol–water partition coefficient (Wildman–Crippen LogP) is 0.961. The van der Waals surface area contributed by atoms with Crippen molar-refractivity contribution >= 4 is 16.0 Å². The summed E-state index contributed by atoms with van der Waals surface area (Å²) in [7, 11) is -1.93. The van der Waals surface area contributed by atoms with Crippen molar-refractivity contribution in [3.63, 3.8) is 0 Å². The summed E-state index contributed by atoms with van der Waals surface area (Å²) in [5.41, 5.74) is 1.52. The van der Waals surface area contributed by atoms with Gasteiger partial charge in [-0.05, 0) is 43.3 Å². The summed E-state index contributed by atoms with van der Waals surface area (Å²) >= 11 is 0. The molecular weight excluding hydrogens is 392 g/mol. The molecule has 0 bridgehead atoms. The lowest BCUT2D eigenvalue weighted by atomic mass is 10.2. The minimum Gasteiger partial charge on any atom is -0.497 e. The van der Waals surface area contributed by atoms with Crippen molar-refractivity contribution in [3.05, 3.63) is 59.7 Å². The van der Waals surface area contributed by atoms with E-state index in [9.17, 15) is 13.2 Å². The van der Waals surface area contributed by atoms with Crippen LogP contribution in [0.25, 0.3) is 0 Å². The number of hydrogen-bond donors (Lipinski definition) is 1. The van der Waals surface area contributed by atoms with Gasteiger partial charge in [-0.3, -0.25) is 0 Å². The molecule has 0 spiro atoms. The van der Waals surface area contributed by atoms with Crippen molar-refractivity contribution in [2.45, 2.75) is 18.4 Å². The summed E-state index contributed by atoms with van der Waals surface area (Å²) in [6, 6.07) is 13.9. The molecule has 8 heteroatoms. The first-order valence-corrected chi connectivity index (χ1v) is 11.1. The Morgan fingerprint density at radius 3 is 2.41 bits per heavy atom. The van der Waals surface area contributed by atoms with Gasteiger partial charge in [-0.15, -0.1) is 0 Å². The van der Waals surface area contributed by atoms with Crippen LogP contribution < -0.4 is 9.64 Å². The molecule has 0 atom stereocenters. The molecule has 1 heterocycles. The van der Waals surface area contributed by atoms with Crippen molar-refractivity contribution in [2.24, 2.45) is 0 Å². The van der Waals surface area contributed by atoms with Crippen LogP contribution in [-0.4, -0.2) is 58.6 Å². The van der Waals surface area contributed by atoms with Crippen molar-refractivity contribution in [1.29, 1.82) is 0 Å². The van der Waals surface area contributed by atoms with Gasteiger partial charge in [-0.25, -0.2) is 13.2 Å². The highest BCUT2D eigenvalue weighted by Gasteiger charge is 2.30. The van der Waals surface area contributed by atoms with Gasteiger partial charge in [0.05, 0.1) is 50.4 Å². The molecule has 2 aromatic rings. The molecule has 0 radical (unpaired) electrons. The highest BCUT2D eigenvalue weighted by molar-refractivity contribution is 7.89. The van der Waals surface area contributed by atoms with E-state index in [-0.39, 0.29) is 11.5 Å². The summed E-state index contributed by atoms with van der Waals surface area (Å²) in [4.78, 5) is 13.3. The summed E-state index contributed by atoms with van der Waals surface area (Å²) in [6.45, 7) is 5.23. The quantitative estimate of drug-likeness (QED) is 0.677. The maximum atomic E-state index is 12.9. The predicted molar refractivity (Wildman–Crippen MR) is 109 cm³/mol. The van der Waals surface area contributed by atoms with Gasteiger partial charge in [0, 0.05) is 5.56 Å². The van der Waals surface area contributed by atoms with Gasteiger partial charge in [-0.1, -0.05) is 12.1 Å². The summed E-state index contributed by atoms with van der Waals surface area (Å²) in [6.07, 6.45) is 0. The fourth-order valence-corrected chi connectivity index (χ4v) is 4.86. The van der Waals surface area contributed by atoms with Crippen LogP contribution in [0.4, 0.5) is 0 Å². The molecule has 0 aromatic heterocycles. The van der Waals surface area contributed by atoms with Crippen LogP contribution in [0.5, 0.6) is 5.75 Å². The zero-order valence-electron chi connectivity index (χ0n) is 16.8. The maximum absolute atomic E-state index is 12.9. The van der Waals surface area contributed by atoms with Gasteiger partial charge in [0.15, 0.2) is 0 Å². The third-order valence-electron chi connectivity index (χ3n) is 5.02. The Kier molecular flexibility index (Phi) is 6.89. The number of esters is 1. The van der Waals surface area contributed by atoms with Crippen molar-refractivity contribution in [1.82, 2.24) is 4.31 Å². The van der Waals surface area contributed by atoms with E-state index in [0.29, 0.717) is 18.7 Å². The van der Waals surface area contributed by atoms with Crippen LogP contribution in [0.15, 0.2) is 53.4 Å². The molecule has 7 nitrogen and oxygen atoms in total. The highest BCUT2D eigenvalue weighted by atomic mass is 32.2. The van der Waals surface area contributed by atoms with Crippen molar-refractivity contribution < 1.29 is 27.6 Å². The minimum atomic E-state index is -3.58. The summed E-state index contributed by atoms with van der Waals surface area (Å²) in [5, 5.41) is 0. The molecular formula is C21H27N2O5S+. The van der Waals surface area contributed by atoms with E-state index in [4.69, 9.17) is 9.47 Å². The van der Waals surface area contributed by atoms with Gasteiger partial charge >= 0.3 is 5.97 Å². The number of carbonyl (C=O) groups excluding carboxylic acids is 1. The largest absolute Gasteiger partial charge is 0.497 e. The Labute approximate surface area is 171 Å². The molecule has 0 unspecified atom stereocenters. The zero-order chi connectivity index (χ0) is 20.9. The van der Waals surface area contributed by atoms with Crippen molar-refractivity contribution in [3.8, 4) is 5.75 Å². The lowest BCUT2D eigenvalue weighted by Gasteiger charge is -2.31. The van der Waals surface area contributed by atoms with E-state index in [1.54, 1.807) is 14.0 Å². The van der Waals surface area contributed by atoms with E-state index < -0.39 is 16.0 Å². The molecule has 156 valence electrons. The number of hydrogen-bond acceptors (Lipinski definition) is 5. The van der Waals surface area contributed by atoms with E-state index in [1.165, 1.54) is 39.0 Å². The monoisotopic (exact) mass is 419 g/mol. The minimum absolute atomic E-state index is 0.196. The number of nitrogens with zero attached hydrogens (tertiary/aromatic N) is 1. The first-order chi connectivity index (χ1) is 13.9. The number of benzene rings is 2. The van der Waals surface area contributed by atoms with Gasteiger partial charge in [0.25, 0.3) is 0 Å². The molecule has 1 saturated heterocycles. The molecule has 1 N–H and O–H groups in total. The smallest absolute Gasteiger partial charge is 0.338 e. The number of nitrogens with one attached hydrogen (secondary N) is 1. The second-order valence-corrected chi connectivity index (χ2v) is 8.87. The molecule has 0 amide bonds. The Hall–Kier alpha value is -2.42. The van der Waals surface area contributed by atoms with Crippen LogP contribution in [0.1, 0.15) is 22.8 Å². The van der Waals surface area contributed by atoms with Crippen LogP contribution in [0, 0.1) is 0 Å². The van der Waals surface area contributed by atoms with Gasteiger partial charge in [0.1, 0.15) is 12.3 Å². The van der Waals surface area contributed by atoms with Gasteiger partial charge in [0.2, 0.25) is 10.0 Å². The average molecular weight is 420 g/mol. The number of piperazine rings is 1. The van der Waals surface area contributed by atoms with E-state index >= 15 is 0 Å². The molecule has 29 heavy (non-hydrogen) atoms. The van der Waals surface area contributed by atoms with Crippen LogP contribution in [0.2, 0.25) is 0 Å². The maximum Gasteiger partial charge on any atom is 0.338 e. The second-order valence-electron chi connectivity index (χ2n) is 6.93. The highest BCUT2D eigenvalue weighted by Crippen LogP contribution is 2.17. The molecule has 0 aliphatic carbocycles. The molecule has 0 saturated carbocycles. The zero-order valence-corrected chi connectivity index (χ0v) is 17.6. The fourth-order valence-electron chi connectivity index (χ4n) is 3.42. The Morgan fingerprint density at radius 2 is 1.79 bits per heavy atom. The summed E-state index contributed by atoms with van der Waals surface area (Å²) in [5.74, 6) is 0.376. The van der Waals surface area contributed by atoms with E-state index in [0.717, 1.165) is 25.4 Å². The Bertz CT molecular complexity index is 936. The first-order valence-electron chi connectivity index (χ1n) is 9.68. The standard InChI is InChI=1S/C21H26N2O5S/c1-3-28-21(24)18-7-9-20(10-8-18)29(25,26)23-13-11-22(12-14-23)16-17-5-4-6-19(15-17)27-2/h4-10,15H,3,11-14,16H2,1-2H3/p+1. The first kappa shape index (κ1) is 21.3. The lowest BCUT2D eigenvalue weighted by molar-refractivity contribution is -0.917. The molecule has 1 aliphatic heterocycles. The topological polar surface area (TPSA) is 77.4 Å².